The van der Waals surface area contributed by atoms with Crippen LogP contribution in [0, 0.1) is 0 Å². The van der Waals surface area contributed by atoms with Crippen molar-refractivity contribution in [2.75, 3.05) is 24.0 Å². The number of hydrogen-bond donors (Lipinski definition) is 0. The first kappa shape index (κ1) is 12.2. The molecule has 0 N–H and O–H groups in total. The van der Waals surface area contributed by atoms with E-state index in [0.29, 0.717) is 0 Å². The second-order valence-corrected chi connectivity index (χ2v) is 6.78. The molecule has 1 unspecified atom stereocenters. The fourth-order valence-electron chi connectivity index (χ4n) is 2.32. The average molecular weight is 303 g/mol. The SMILES string of the molecule is CN(C)c1ccc(C2SC=C3Sc4nncn4N32)cc1. The molecule has 0 fully saturated rings. The molecule has 0 spiro atoms. The van der Waals surface area contributed by atoms with Crippen LogP contribution in [0.3, 0.4) is 0 Å². The molecule has 1 aromatic carbocycles. The van der Waals surface area contributed by atoms with Crippen molar-refractivity contribution in [3.8, 4) is 0 Å². The maximum Gasteiger partial charge on any atom is 0.216 e. The van der Waals surface area contributed by atoms with E-state index < -0.39 is 0 Å². The third-order valence-electron chi connectivity index (χ3n) is 3.37. The lowest BCUT2D eigenvalue weighted by Crippen LogP contribution is -2.28. The summed E-state index contributed by atoms with van der Waals surface area (Å²) in [5.74, 6) is 0. The van der Waals surface area contributed by atoms with Gasteiger partial charge in [0.25, 0.3) is 0 Å². The summed E-state index contributed by atoms with van der Waals surface area (Å²) >= 11 is 3.49. The molecule has 102 valence electrons. The van der Waals surface area contributed by atoms with E-state index in [-0.39, 0.29) is 5.37 Å². The van der Waals surface area contributed by atoms with Crippen molar-refractivity contribution in [1.29, 1.82) is 0 Å². The zero-order valence-electron chi connectivity index (χ0n) is 11.1. The summed E-state index contributed by atoms with van der Waals surface area (Å²) in [4.78, 5) is 2.11. The topological polar surface area (TPSA) is 37.2 Å². The molecular weight excluding hydrogens is 290 g/mol. The van der Waals surface area contributed by atoms with Crippen molar-refractivity contribution in [2.24, 2.45) is 0 Å². The van der Waals surface area contributed by atoms with Gasteiger partial charge in [-0.05, 0) is 29.5 Å². The van der Waals surface area contributed by atoms with Gasteiger partial charge in [0.05, 0.1) is 0 Å². The van der Waals surface area contributed by atoms with E-state index in [1.54, 1.807) is 18.1 Å². The number of benzene rings is 1. The lowest BCUT2D eigenvalue weighted by Gasteiger charge is -2.24. The Morgan fingerprint density at radius 1 is 1.20 bits per heavy atom. The minimum Gasteiger partial charge on any atom is -0.378 e. The molecular formula is C13H13N5S2. The molecule has 2 aromatic rings. The summed E-state index contributed by atoms with van der Waals surface area (Å²) in [6.07, 6.45) is 1.77. The van der Waals surface area contributed by atoms with Crippen molar-refractivity contribution >= 4 is 29.2 Å². The number of rotatable bonds is 2. The summed E-state index contributed by atoms with van der Waals surface area (Å²) < 4.78 is 2.03. The Hall–Kier alpha value is -1.60. The highest BCUT2D eigenvalue weighted by Gasteiger charge is 2.37. The smallest absolute Gasteiger partial charge is 0.216 e. The molecule has 0 aliphatic carbocycles. The minimum atomic E-state index is 0.256. The van der Waals surface area contributed by atoms with E-state index in [9.17, 15) is 0 Å². The van der Waals surface area contributed by atoms with Gasteiger partial charge in [0, 0.05) is 25.2 Å². The van der Waals surface area contributed by atoms with E-state index in [4.69, 9.17) is 0 Å². The van der Waals surface area contributed by atoms with Crippen LogP contribution in [0.4, 0.5) is 5.69 Å². The molecule has 1 atom stereocenters. The van der Waals surface area contributed by atoms with Crippen molar-refractivity contribution < 1.29 is 0 Å². The third kappa shape index (κ3) is 1.73. The second kappa shape index (κ2) is 4.46. The zero-order valence-corrected chi connectivity index (χ0v) is 12.7. The van der Waals surface area contributed by atoms with Gasteiger partial charge in [0.15, 0.2) is 0 Å². The van der Waals surface area contributed by atoms with E-state index in [1.807, 2.05) is 16.4 Å². The van der Waals surface area contributed by atoms with Crippen LogP contribution in [0.2, 0.25) is 0 Å². The summed E-state index contributed by atoms with van der Waals surface area (Å²) in [7, 11) is 4.11. The maximum atomic E-state index is 4.12. The molecule has 5 nitrogen and oxygen atoms in total. The number of hydrogen-bond acceptors (Lipinski definition) is 6. The summed E-state index contributed by atoms with van der Waals surface area (Å²) in [5, 5.41) is 15.0. The van der Waals surface area contributed by atoms with Gasteiger partial charge in [-0.2, -0.15) is 0 Å². The fraction of sp³-hybridized carbons (Fsp3) is 0.231. The van der Waals surface area contributed by atoms with Gasteiger partial charge in [-0.15, -0.1) is 10.2 Å². The molecule has 20 heavy (non-hydrogen) atoms. The van der Waals surface area contributed by atoms with Crippen LogP contribution in [0.25, 0.3) is 0 Å². The van der Waals surface area contributed by atoms with Gasteiger partial charge in [-0.25, -0.2) is 4.68 Å². The van der Waals surface area contributed by atoms with E-state index in [1.165, 1.54) is 16.3 Å². The Balaban J connectivity index is 1.67. The Morgan fingerprint density at radius 3 is 2.75 bits per heavy atom. The highest BCUT2D eigenvalue weighted by Crippen LogP contribution is 2.50. The maximum absolute atomic E-state index is 4.12. The molecule has 0 amide bonds. The standard InChI is InChI=1S/C13H13N5S2/c1-16(2)10-5-3-9(4-6-10)12-18-11(7-19-12)20-13-15-14-8-17(13)18/h3-8,12H,1-2H3. The summed E-state index contributed by atoms with van der Waals surface area (Å²) in [5.41, 5.74) is 2.50. The van der Waals surface area contributed by atoms with Gasteiger partial charge < -0.3 is 4.90 Å². The monoisotopic (exact) mass is 303 g/mol. The Kier molecular flexibility index (Phi) is 2.71. The largest absolute Gasteiger partial charge is 0.378 e. The van der Waals surface area contributed by atoms with E-state index in [2.05, 4.69) is 63.9 Å². The Bertz CT molecular complexity index is 676. The van der Waals surface area contributed by atoms with Crippen LogP contribution >= 0.6 is 23.5 Å². The molecule has 0 radical (unpaired) electrons. The summed E-state index contributed by atoms with van der Waals surface area (Å²) in [6, 6.07) is 8.70. The van der Waals surface area contributed by atoms with Crippen molar-refractivity contribution in [2.45, 2.75) is 10.5 Å². The first-order valence-electron chi connectivity index (χ1n) is 6.24. The Labute approximate surface area is 125 Å². The lowest BCUT2D eigenvalue weighted by molar-refractivity contribution is 0.634. The predicted molar refractivity (Wildman–Crippen MR) is 83.3 cm³/mol. The van der Waals surface area contributed by atoms with Crippen LogP contribution in [0.15, 0.2) is 46.2 Å². The quantitative estimate of drug-likeness (QED) is 0.849. The third-order valence-corrected chi connectivity index (χ3v) is 5.57. The second-order valence-electron chi connectivity index (χ2n) is 4.84. The highest BCUT2D eigenvalue weighted by molar-refractivity contribution is 8.07. The van der Waals surface area contributed by atoms with E-state index >= 15 is 0 Å². The first-order valence-corrected chi connectivity index (χ1v) is 8.00. The molecule has 1 aromatic heterocycles. The summed E-state index contributed by atoms with van der Waals surface area (Å²) in [6.45, 7) is 0. The molecule has 7 heteroatoms. The van der Waals surface area contributed by atoms with Crippen LogP contribution in [-0.2, 0) is 0 Å². The normalized spacial score (nSPS) is 19.8. The van der Waals surface area contributed by atoms with Gasteiger partial charge in [0.2, 0.25) is 5.16 Å². The lowest BCUT2D eigenvalue weighted by atomic mass is 10.2. The van der Waals surface area contributed by atoms with Gasteiger partial charge in [0.1, 0.15) is 16.7 Å². The van der Waals surface area contributed by atoms with Crippen LogP contribution in [0.5, 0.6) is 0 Å². The highest BCUT2D eigenvalue weighted by atomic mass is 32.2. The molecule has 3 heterocycles. The van der Waals surface area contributed by atoms with E-state index in [0.717, 1.165) is 5.16 Å². The molecule has 0 saturated heterocycles. The van der Waals surface area contributed by atoms with Crippen LogP contribution < -0.4 is 9.91 Å². The van der Waals surface area contributed by atoms with Crippen molar-refractivity contribution in [3.63, 3.8) is 0 Å². The molecule has 0 saturated carbocycles. The van der Waals surface area contributed by atoms with Crippen molar-refractivity contribution in [1.82, 2.24) is 14.9 Å². The number of fused-ring (bicyclic) bond motifs is 3. The number of aromatic nitrogens is 3. The average Bonchev–Trinajstić information content (AvgIpc) is 3.10. The fourth-order valence-corrected chi connectivity index (χ4v) is 4.54. The molecule has 2 aliphatic rings. The van der Waals surface area contributed by atoms with Crippen LogP contribution in [0.1, 0.15) is 10.9 Å². The molecule has 4 rings (SSSR count). The van der Waals surface area contributed by atoms with Crippen molar-refractivity contribution in [3.05, 3.63) is 46.6 Å². The number of anilines is 1. The molecule has 2 aliphatic heterocycles. The Morgan fingerprint density at radius 2 is 2.00 bits per heavy atom. The zero-order chi connectivity index (χ0) is 13.7. The van der Waals surface area contributed by atoms with Gasteiger partial charge in [-0.3, -0.25) is 5.01 Å². The molecule has 0 bridgehead atoms. The predicted octanol–water partition coefficient (Wildman–Crippen LogP) is 2.63. The first-order chi connectivity index (χ1) is 9.74. The van der Waals surface area contributed by atoms with Gasteiger partial charge >= 0.3 is 0 Å². The van der Waals surface area contributed by atoms with Crippen LogP contribution in [-0.4, -0.2) is 29.0 Å². The number of nitrogens with zero attached hydrogens (tertiary/aromatic N) is 5. The number of thioether (sulfide) groups is 2. The van der Waals surface area contributed by atoms with Gasteiger partial charge in [-0.1, -0.05) is 23.9 Å². The minimum absolute atomic E-state index is 0.256.